The molecule has 2 heterocycles. The van der Waals surface area contributed by atoms with Gasteiger partial charge in [0, 0.05) is 17.7 Å². The molecule has 1 aliphatic heterocycles. The lowest BCUT2D eigenvalue weighted by Gasteiger charge is -2.20. The summed E-state index contributed by atoms with van der Waals surface area (Å²) in [5.74, 6) is 0.276. The van der Waals surface area contributed by atoms with Crippen LogP contribution in [0.2, 0.25) is 0 Å². The number of aromatic nitrogens is 3. The van der Waals surface area contributed by atoms with Crippen LogP contribution in [0.4, 0.5) is 20.6 Å². The molecular formula is C29H27FN6O4S. The van der Waals surface area contributed by atoms with Crippen molar-refractivity contribution in [2.24, 2.45) is 4.99 Å². The fourth-order valence-corrected chi connectivity index (χ4v) is 5.00. The van der Waals surface area contributed by atoms with Crippen LogP contribution >= 0.6 is 11.8 Å². The number of nitrogens with zero attached hydrogens (tertiary/aromatic N) is 5. The number of amides is 3. The Hall–Kier alpha value is -4.55. The van der Waals surface area contributed by atoms with Crippen LogP contribution in [0.5, 0.6) is 5.75 Å². The molecule has 0 spiro atoms. The molecule has 1 saturated heterocycles. The molecule has 4 aromatic rings. The first kappa shape index (κ1) is 28.0. The molecule has 1 N–H and O–H groups in total. The zero-order valence-electron chi connectivity index (χ0n) is 22.6. The van der Waals surface area contributed by atoms with E-state index in [9.17, 15) is 9.59 Å². The number of thioether (sulfide) groups is 1. The van der Waals surface area contributed by atoms with Gasteiger partial charge in [-0.25, -0.2) is 18.9 Å². The summed E-state index contributed by atoms with van der Waals surface area (Å²) in [6.45, 7) is 4.63. The quantitative estimate of drug-likeness (QED) is 0.292. The van der Waals surface area contributed by atoms with E-state index in [1.165, 1.54) is 23.4 Å². The Labute approximate surface area is 240 Å². The third kappa shape index (κ3) is 6.28. The van der Waals surface area contributed by atoms with Gasteiger partial charge in [0.1, 0.15) is 17.9 Å². The van der Waals surface area contributed by atoms with E-state index >= 15 is 4.39 Å². The number of aryl methyl sites for hydroxylation is 1. The van der Waals surface area contributed by atoms with Crippen molar-refractivity contribution in [3.63, 3.8) is 0 Å². The summed E-state index contributed by atoms with van der Waals surface area (Å²) >= 11 is 1.14. The number of halogens is 1. The molecule has 3 amide bonds. The first-order chi connectivity index (χ1) is 19.9. The van der Waals surface area contributed by atoms with Crippen LogP contribution in [-0.2, 0) is 16.1 Å². The highest BCUT2D eigenvalue weighted by molar-refractivity contribution is 8.15. The van der Waals surface area contributed by atoms with Gasteiger partial charge in [-0.15, -0.1) is 5.10 Å². The van der Waals surface area contributed by atoms with E-state index in [4.69, 9.17) is 9.47 Å². The molecule has 0 atom stereocenters. The second kappa shape index (κ2) is 12.3. The number of urea groups is 1. The topological polar surface area (TPSA) is 111 Å². The number of carbonyl (C=O) groups excluding carboxylic acids is 2. The lowest BCUT2D eigenvalue weighted by Crippen LogP contribution is -2.31. The van der Waals surface area contributed by atoms with Crippen molar-refractivity contribution < 1.29 is 23.5 Å². The van der Waals surface area contributed by atoms with Crippen molar-refractivity contribution in [2.45, 2.75) is 20.5 Å². The first-order valence-corrected chi connectivity index (χ1v) is 13.7. The maximum Gasteiger partial charge on any atom is 0.347 e. The molecule has 0 radical (unpaired) electrons. The summed E-state index contributed by atoms with van der Waals surface area (Å²) in [6.07, 6.45) is 1.53. The van der Waals surface area contributed by atoms with Gasteiger partial charge in [-0.1, -0.05) is 23.9 Å². The predicted octanol–water partition coefficient (Wildman–Crippen LogP) is 5.59. The highest BCUT2D eigenvalue weighted by atomic mass is 32.2. The SMILES string of the molecule is CCOCc1ccc(C)cc1N1C(=O)CSC1=NC(=O)Nc1ccc(-c2ncn(-c3ccc(OC)cc3)n2)cc1F. The molecule has 0 saturated carbocycles. The second-order valence-electron chi connectivity index (χ2n) is 9.02. The van der Waals surface area contributed by atoms with Gasteiger partial charge in [0.05, 0.1) is 36.5 Å². The Bertz CT molecular complexity index is 1620. The number of amidine groups is 1. The fourth-order valence-electron chi connectivity index (χ4n) is 4.14. The molecule has 1 aliphatic rings. The smallest absolute Gasteiger partial charge is 0.347 e. The van der Waals surface area contributed by atoms with Crippen molar-refractivity contribution in [3.8, 4) is 22.8 Å². The molecule has 0 aliphatic carbocycles. The molecule has 0 bridgehead atoms. The Morgan fingerprint density at radius 3 is 2.68 bits per heavy atom. The second-order valence-corrected chi connectivity index (χ2v) is 9.96. The van der Waals surface area contributed by atoms with E-state index in [1.54, 1.807) is 30.0 Å². The van der Waals surface area contributed by atoms with Gasteiger partial charge in [0.2, 0.25) is 5.91 Å². The molecule has 41 heavy (non-hydrogen) atoms. The molecule has 1 fully saturated rings. The van der Waals surface area contributed by atoms with Crippen molar-refractivity contribution in [2.75, 3.05) is 29.7 Å². The van der Waals surface area contributed by atoms with E-state index < -0.39 is 11.8 Å². The lowest BCUT2D eigenvalue weighted by atomic mass is 10.1. The lowest BCUT2D eigenvalue weighted by molar-refractivity contribution is -0.115. The molecule has 1 aromatic heterocycles. The summed E-state index contributed by atoms with van der Waals surface area (Å²) in [5, 5.41) is 7.10. The Morgan fingerprint density at radius 2 is 1.95 bits per heavy atom. The van der Waals surface area contributed by atoms with Crippen molar-refractivity contribution in [1.82, 2.24) is 14.8 Å². The number of nitrogens with one attached hydrogen (secondary N) is 1. The zero-order valence-corrected chi connectivity index (χ0v) is 23.4. The van der Waals surface area contributed by atoms with Crippen LogP contribution in [0.15, 0.2) is 72.0 Å². The highest BCUT2D eigenvalue weighted by Crippen LogP contribution is 2.31. The minimum atomic E-state index is -0.806. The summed E-state index contributed by atoms with van der Waals surface area (Å²) < 4.78 is 27.3. The number of anilines is 2. The average Bonchev–Trinajstić information content (AvgIpc) is 3.60. The van der Waals surface area contributed by atoms with Gasteiger partial charge in [0.25, 0.3) is 0 Å². The van der Waals surface area contributed by atoms with E-state index in [0.29, 0.717) is 36.0 Å². The number of hydrogen-bond acceptors (Lipinski definition) is 7. The van der Waals surface area contributed by atoms with Crippen LogP contribution in [0.1, 0.15) is 18.1 Å². The van der Waals surface area contributed by atoms with E-state index in [2.05, 4.69) is 20.4 Å². The van der Waals surface area contributed by atoms with Crippen molar-refractivity contribution in [3.05, 3.63) is 83.9 Å². The maximum absolute atomic E-state index is 15.0. The van der Waals surface area contributed by atoms with Gasteiger partial charge < -0.3 is 14.8 Å². The van der Waals surface area contributed by atoms with Gasteiger partial charge in [0.15, 0.2) is 11.0 Å². The minimum Gasteiger partial charge on any atom is -0.497 e. The molecular weight excluding hydrogens is 547 g/mol. The monoisotopic (exact) mass is 574 g/mol. The number of carbonyl (C=O) groups is 2. The molecule has 3 aromatic carbocycles. The molecule has 10 nitrogen and oxygen atoms in total. The van der Waals surface area contributed by atoms with Crippen LogP contribution in [-0.4, -0.2) is 51.3 Å². The Kier molecular flexibility index (Phi) is 8.41. The summed E-state index contributed by atoms with van der Waals surface area (Å²) in [6, 6.07) is 16.4. The van der Waals surface area contributed by atoms with Crippen LogP contribution in [0.3, 0.4) is 0 Å². The predicted molar refractivity (Wildman–Crippen MR) is 156 cm³/mol. The maximum atomic E-state index is 15.0. The zero-order chi connectivity index (χ0) is 28.9. The molecule has 5 rings (SSSR count). The Morgan fingerprint density at radius 1 is 1.15 bits per heavy atom. The van der Waals surface area contributed by atoms with E-state index in [-0.39, 0.29) is 22.5 Å². The van der Waals surface area contributed by atoms with E-state index in [0.717, 1.165) is 28.6 Å². The molecule has 0 unspecified atom stereocenters. The van der Waals surface area contributed by atoms with Crippen LogP contribution in [0, 0.1) is 12.7 Å². The molecule has 210 valence electrons. The largest absolute Gasteiger partial charge is 0.497 e. The van der Waals surface area contributed by atoms with Gasteiger partial charge in [-0.3, -0.25) is 9.69 Å². The normalized spacial score (nSPS) is 14.1. The fraction of sp³-hybridized carbons (Fsp3) is 0.207. The summed E-state index contributed by atoms with van der Waals surface area (Å²) in [5.41, 5.74) is 3.48. The highest BCUT2D eigenvalue weighted by Gasteiger charge is 2.32. The third-order valence-corrected chi connectivity index (χ3v) is 7.13. The van der Waals surface area contributed by atoms with Crippen LogP contribution < -0.4 is 15.0 Å². The number of hydrogen-bond donors (Lipinski definition) is 1. The van der Waals surface area contributed by atoms with Crippen LogP contribution in [0.25, 0.3) is 17.1 Å². The number of ether oxygens (including phenoxy) is 2. The number of rotatable bonds is 8. The third-order valence-electron chi connectivity index (χ3n) is 6.20. The Balaban J connectivity index is 1.32. The van der Waals surface area contributed by atoms with Crippen molar-refractivity contribution in [1.29, 1.82) is 0 Å². The summed E-state index contributed by atoms with van der Waals surface area (Å²) in [4.78, 5) is 35.4. The number of methoxy groups -OCH3 is 1. The standard InChI is InChI=1S/C29H27FN6O4S/c1-4-40-15-20-6-5-18(2)13-25(20)36-26(37)16-41-29(36)33-28(38)32-24-12-7-19(14-23(24)30)27-31-17-35(34-27)21-8-10-22(39-3)11-9-21/h5-14,17H,4,15-16H2,1-3H3,(H,32,38). The minimum absolute atomic E-state index is 0.0637. The first-order valence-electron chi connectivity index (χ1n) is 12.7. The summed E-state index contributed by atoms with van der Waals surface area (Å²) in [7, 11) is 1.59. The van der Waals surface area contributed by atoms with Gasteiger partial charge in [-0.05, 0) is 67.9 Å². The number of aliphatic imine (C=N–C) groups is 1. The van der Waals surface area contributed by atoms with Gasteiger partial charge in [-0.2, -0.15) is 4.99 Å². The average molecular weight is 575 g/mol. The van der Waals surface area contributed by atoms with E-state index in [1.807, 2.05) is 44.2 Å². The van der Waals surface area contributed by atoms with Crippen molar-refractivity contribution >= 4 is 40.2 Å². The number of benzene rings is 3. The molecule has 12 heteroatoms. The van der Waals surface area contributed by atoms with Gasteiger partial charge >= 0.3 is 6.03 Å².